The fourth-order valence-electron chi connectivity index (χ4n) is 3.81. The number of ether oxygens (including phenoxy) is 5. The molecule has 10 nitrogen and oxygen atoms in total. The Hall–Kier alpha value is -3.60. The molecule has 2 aliphatic rings. The number of methoxy groups -OCH3 is 1. The molecule has 1 amide bonds. The number of carbonyl (C=O) groups excluding carboxylic acids is 1. The van der Waals surface area contributed by atoms with Crippen LogP contribution in [-0.2, 0) is 18.4 Å². The van der Waals surface area contributed by atoms with Crippen LogP contribution in [0.5, 0.6) is 28.7 Å². The fourth-order valence-corrected chi connectivity index (χ4v) is 4.55. The molecule has 5 rings (SSSR count). The Morgan fingerprint density at radius 3 is 2.51 bits per heavy atom. The van der Waals surface area contributed by atoms with Crippen LogP contribution < -0.4 is 29.0 Å². The van der Waals surface area contributed by atoms with Gasteiger partial charge >= 0.3 is 0 Å². The Morgan fingerprint density at radius 1 is 1.00 bits per heavy atom. The second-order valence-corrected chi connectivity index (χ2v) is 8.89. The van der Waals surface area contributed by atoms with Gasteiger partial charge < -0.3 is 33.6 Å². The van der Waals surface area contributed by atoms with Crippen LogP contribution in [0, 0.1) is 0 Å². The molecule has 3 aromatic rings. The summed E-state index contributed by atoms with van der Waals surface area (Å²) < 4.78 is 30.0. The van der Waals surface area contributed by atoms with Crippen molar-refractivity contribution < 1.29 is 28.5 Å². The Kier molecular flexibility index (Phi) is 6.84. The summed E-state index contributed by atoms with van der Waals surface area (Å²) in [6.45, 7) is 2.56. The molecule has 1 aromatic heterocycles. The molecule has 0 spiro atoms. The number of amides is 1. The van der Waals surface area contributed by atoms with Gasteiger partial charge in [0.1, 0.15) is 19.0 Å². The summed E-state index contributed by atoms with van der Waals surface area (Å²) in [6.07, 6.45) is 0.818. The standard InChI is InChI=1S/C24H26N4O6S/c1-28-23(15-4-5-17-19(10-15)34-9-8-33-17)26-27-24(28)35-14-22(29)25-13-16-11-20-21(12-18(16)30-2)32-7-3-6-31-20/h4-5,10-12H,3,6-9,13-14H2,1-2H3,(H,25,29). The first-order valence-electron chi connectivity index (χ1n) is 11.3. The van der Waals surface area contributed by atoms with E-state index >= 15 is 0 Å². The minimum Gasteiger partial charge on any atom is -0.496 e. The maximum atomic E-state index is 12.6. The number of hydrogen-bond donors (Lipinski definition) is 1. The molecule has 11 heteroatoms. The molecular formula is C24H26N4O6S. The summed E-state index contributed by atoms with van der Waals surface area (Å²) in [5, 5.41) is 12.1. The number of aromatic nitrogens is 3. The number of hydrogen-bond acceptors (Lipinski definition) is 9. The van der Waals surface area contributed by atoms with Gasteiger partial charge in [-0.1, -0.05) is 11.8 Å². The van der Waals surface area contributed by atoms with Crippen molar-refractivity contribution >= 4 is 17.7 Å². The Morgan fingerprint density at radius 2 is 1.71 bits per heavy atom. The van der Waals surface area contributed by atoms with Crippen LogP contribution in [0.25, 0.3) is 11.4 Å². The van der Waals surface area contributed by atoms with E-state index in [-0.39, 0.29) is 11.7 Å². The highest BCUT2D eigenvalue weighted by atomic mass is 32.2. The Bertz CT molecular complexity index is 1230. The first-order chi connectivity index (χ1) is 17.1. The van der Waals surface area contributed by atoms with Crippen LogP contribution in [0.2, 0.25) is 0 Å². The van der Waals surface area contributed by atoms with E-state index in [4.69, 9.17) is 23.7 Å². The largest absolute Gasteiger partial charge is 0.496 e. The van der Waals surface area contributed by atoms with Gasteiger partial charge in [0.15, 0.2) is 34.0 Å². The van der Waals surface area contributed by atoms with Crippen molar-refractivity contribution in [3.63, 3.8) is 0 Å². The summed E-state index contributed by atoms with van der Waals surface area (Å²) in [7, 11) is 3.46. The molecule has 2 aliphatic heterocycles. The van der Waals surface area contributed by atoms with Crippen LogP contribution in [0.4, 0.5) is 0 Å². The smallest absolute Gasteiger partial charge is 0.230 e. The van der Waals surface area contributed by atoms with Gasteiger partial charge in [0.2, 0.25) is 5.91 Å². The third-order valence-corrected chi connectivity index (χ3v) is 6.61. The van der Waals surface area contributed by atoms with Gasteiger partial charge in [-0.05, 0) is 24.3 Å². The van der Waals surface area contributed by atoms with E-state index in [2.05, 4.69) is 15.5 Å². The van der Waals surface area contributed by atoms with Crippen molar-refractivity contribution in [3.05, 3.63) is 35.9 Å². The van der Waals surface area contributed by atoms with Crippen LogP contribution in [0.3, 0.4) is 0 Å². The van der Waals surface area contributed by atoms with Gasteiger partial charge in [-0.3, -0.25) is 4.79 Å². The molecule has 2 aromatic carbocycles. The zero-order chi connectivity index (χ0) is 24.2. The second kappa shape index (κ2) is 10.3. The van der Waals surface area contributed by atoms with Gasteiger partial charge in [-0.25, -0.2) is 0 Å². The summed E-state index contributed by atoms with van der Waals surface area (Å²) in [5.41, 5.74) is 1.68. The highest BCUT2D eigenvalue weighted by Crippen LogP contribution is 2.37. The van der Waals surface area contributed by atoms with Gasteiger partial charge in [0.25, 0.3) is 0 Å². The molecule has 0 radical (unpaired) electrons. The molecule has 3 heterocycles. The predicted molar refractivity (Wildman–Crippen MR) is 129 cm³/mol. The van der Waals surface area contributed by atoms with E-state index in [0.29, 0.717) is 67.0 Å². The SMILES string of the molecule is COc1cc2c(cc1CNC(=O)CSc1nnc(-c3ccc4c(c3)OCCO4)n1C)OCCCO2. The Balaban J connectivity index is 1.20. The average molecular weight is 499 g/mol. The molecule has 0 aliphatic carbocycles. The van der Waals surface area contributed by atoms with E-state index in [1.807, 2.05) is 35.9 Å². The monoisotopic (exact) mass is 498 g/mol. The van der Waals surface area contributed by atoms with Crippen LogP contribution in [0.15, 0.2) is 35.5 Å². The topological polar surface area (TPSA) is 106 Å². The van der Waals surface area contributed by atoms with E-state index in [1.165, 1.54) is 11.8 Å². The highest BCUT2D eigenvalue weighted by Gasteiger charge is 2.18. The fraction of sp³-hybridized carbons (Fsp3) is 0.375. The number of nitrogens with zero attached hydrogens (tertiary/aromatic N) is 3. The predicted octanol–water partition coefficient (Wildman–Crippen LogP) is 2.83. The lowest BCUT2D eigenvalue weighted by atomic mass is 10.1. The van der Waals surface area contributed by atoms with Crippen LogP contribution >= 0.6 is 11.8 Å². The third kappa shape index (κ3) is 5.09. The Labute approximate surface area is 206 Å². The summed E-state index contributed by atoms with van der Waals surface area (Å²) >= 11 is 1.32. The average Bonchev–Trinajstić information content (AvgIpc) is 3.10. The molecule has 0 saturated carbocycles. The zero-order valence-electron chi connectivity index (χ0n) is 19.5. The number of benzene rings is 2. The van der Waals surface area contributed by atoms with E-state index in [1.54, 1.807) is 13.2 Å². The molecule has 0 bridgehead atoms. The van der Waals surface area contributed by atoms with E-state index in [0.717, 1.165) is 23.3 Å². The number of thioether (sulfide) groups is 1. The number of rotatable bonds is 7. The first-order valence-corrected chi connectivity index (χ1v) is 12.3. The normalized spacial score (nSPS) is 14.2. The lowest BCUT2D eigenvalue weighted by molar-refractivity contribution is -0.118. The van der Waals surface area contributed by atoms with Gasteiger partial charge in [0.05, 0.1) is 26.1 Å². The lowest BCUT2D eigenvalue weighted by Gasteiger charge is -2.18. The molecular weight excluding hydrogens is 472 g/mol. The van der Waals surface area contributed by atoms with Crippen molar-refractivity contribution in [1.82, 2.24) is 20.1 Å². The first kappa shape index (κ1) is 23.2. The van der Waals surface area contributed by atoms with Crippen molar-refractivity contribution in [3.8, 4) is 40.1 Å². The molecule has 0 atom stereocenters. The molecule has 184 valence electrons. The highest BCUT2D eigenvalue weighted by molar-refractivity contribution is 7.99. The van der Waals surface area contributed by atoms with Crippen LogP contribution in [-0.4, -0.2) is 60.0 Å². The zero-order valence-corrected chi connectivity index (χ0v) is 20.4. The van der Waals surface area contributed by atoms with Gasteiger partial charge in [-0.2, -0.15) is 0 Å². The molecule has 0 saturated heterocycles. The molecule has 0 fully saturated rings. The summed E-state index contributed by atoms with van der Waals surface area (Å²) in [4.78, 5) is 12.6. The third-order valence-electron chi connectivity index (χ3n) is 5.59. The minimum absolute atomic E-state index is 0.131. The van der Waals surface area contributed by atoms with Crippen molar-refractivity contribution in [2.24, 2.45) is 7.05 Å². The molecule has 35 heavy (non-hydrogen) atoms. The molecule has 0 unspecified atom stereocenters. The van der Waals surface area contributed by atoms with Gasteiger partial charge in [0, 0.05) is 37.2 Å². The minimum atomic E-state index is -0.131. The van der Waals surface area contributed by atoms with Crippen molar-refractivity contribution in [1.29, 1.82) is 0 Å². The van der Waals surface area contributed by atoms with E-state index in [9.17, 15) is 4.79 Å². The second-order valence-electron chi connectivity index (χ2n) is 7.95. The van der Waals surface area contributed by atoms with E-state index < -0.39 is 0 Å². The summed E-state index contributed by atoms with van der Waals surface area (Å²) in [6, 6.07) is 9.33. The number of fused-ring (bicyclic) bond motifs is 2. The van der Waals surface area contributed by atoms with Gasteiger partial charge in [-0.15, -0.1) is 10.2 Å². The summed E-state index contributed by atoms with van der Waals surface area (Å²) in [5.74, 6) is 4.11. The maximum Gasteiger partial charge on any atom is 0.230 e. The number of carbonyl (C=O) groups is 1. The van der Waals surface area contributed by atoms with Crippen LogP contribution in [0.1, 0.15) is 12.0 Å². The quantitative estimate of drug-likeness (QED) is 0.492. The maximum absolute atomic E-state index is 12.6. The lowest BCUT2D eigenvalue weighted by Crippen LogP contribution is -2.25. The van der Waals surface area contributed by atoms with Crippen molar-refractivity contribution in [2.75, 3.05) is 39.3 Å². The van der Waals surface area contributed by atoms with Crippen molar-refractivity contribution in [2.45, 2.75) is 18.1 Å². The number of nitrogens with one attached hydrogen (secondary N) is 1. The molecule has 1 N–H and O–H groups in total.